The molecule has 0 saturated heterocycles. The van der Waals surface area contributed by atoms with Crippen LogP contribution >= 0.6 is 0 Å². The lowest BCUT2D eigenvalue weighted by Gasteiger charge is -2.32. The molecular weight excluding hydrogens is 192 g/mol. The van der Waals surface area contributed by atoms with Gasteiger partial charge in [0.25, 0.3) is 5.91 Å². The molecule has 0 aromatic rings. The van der Waals surface area contributed by atoms with Crippen LogP contribution in [0.15, 0.2) is 0 Å². The molecule has 88 valence electrons. The molecule has 0 spiro atoms. The first-order valence-corrected chi connectivity index (χ1v) is 5.61. The van der Waals surface area contributed by atoms with Crippen molar-refractivity contribution in [2.75, 3.05) is 0 Å². The van der Waals surface area contributed by atoms with Crippen LogP contribution in [0.25, 0.3) is 0 Å². The average molecular weight is 214 g/mol. The fourth-order valence-electron chi connectivity index (χ4n) is 1.71. The maximum absolute atomic E-state index is 11.8. The van der Waals surface area contributed by atoms with Gasteiger partial charge in [-0.3, -0.25) is 9.63 Å². The molecule has 4 nitrogen and oxygen atoms in total. The second-order valence-corrected chi connectivity index (χ2v) is 5.36. The second-order valence-electron chi connectivity index (χ2n) is 5.36. The zero-order chi connectivity index (χ0) is 11.5. The molecule has 0 radical (unpaired) electrons. The third kappa shape index (κ3) is 3.80. The minimum absolute atomic E-state index is 0.183. The Balaban J connectivity index is 2.45. The number of carbonyl (C=O) groups is 1. The summed E-state index contributed by atoms with van der Waals surface area (Å²) in [5.74, 6) is -0.183. The minimum atomic E-state index is -0.719. The summed E-state index contributed by atoms with van der Waals surface area (Å²) in [6.45, 7) is 5.66. The zero-order valence-corrected chi connectivity index (χ0v) is 9.93. The van der Waals surface area contributed by atoms with E-state index in [1.165, 1.54) is 6.42 Å². The molecule has 0 heterocycles. The van der Waals surface area contributed by atoms with Crippen LogP contribution in [0.4, 0.5) is 0 Å². The summed E-state index contributed by atoms with van der Waals surface area (Å²) >= 11 is 0. The summed E-state index contributed by atoms with van der Waals surface area (Å²) in [6.07, 6.45) is 4.74. The van der Waals surface area contributed by atoms with Gasteiger partial charge in [0.2, 0.25) is 0 Å². The van der Waals surface area contributed by atoms with Crippen molar-refractivity contribution in [2.24, 2.45) is 5.73 Å². The van der Waals surface area contributed by atoms with Crippen LogP contribution in [0.3, 0.4) is 0 Å². The quantitative estimate of drug-likeness (QED) is 0.685. The predicted octanol–water partition coefficient (Wildman–Crippen LogP) is 1.49. The first-order chi connectivity index (χ1) is 6.83. The highest BCUT2D eigenvalue weighted by Crippen LogP contribution is 2.26. The van der Waals surface area contributed by atoms with Gasteiger partial charge in [-0.1, -0.05) is 19.3 Å². The van der Waals surface area contributed by atoms with Gasteiger partial charge >= 0.3 is 0 Å². The molecule has 4 heteroatoms. The third-order valence-corrected chi connectivity index (χ3v) is 2.65. The monoisotopic (exact) mass is 214 g/mol. The van der Waals surface area contributed by atoms with Gasteiger partial charge in [-0.05, 0) is 33.6 Å². The van der Waals surface area contributed by atoms with Crippen LogP contribution in [0.2, 0.25) is 0 Å². The van der Waals surface area contributed by atoms with Gasteiger partial charge in [-0.15, -0.1) is 0 Å². The Labute approximate surface area is 91.5 Å². The molecule has 0 unspecified atom stereocenters. The van der Waals surface area contributed by atoms with Crippen molar-refractivity contribution in [2.45, 2.75) is 64.0 Å². The highest BCUT2D eigenvalue weighted by Gasteiger charge is 2.36. The van der Waals surface area contributed by atoms with Gasteiger partial charge < -0.3 is 5.73 Å². The Morgan fingerprint density at radius 3 is 2.27 bits per heavy atom. The lowest BCUT2D eigenvalue weighted by molar-refractivity contribution is -0.152. The fraction of sp³-hybridized carbons (Fsp3) is 0.909. The molecule has 0 bridgehead atoms. The molecule has 0 aliphatic heterocycles. The van der Waals surface area contributed by atoms with Crippen molar-refractivity contribution >= 4 is 5.91 Å². The normalized spacial score (nSPS) is 21.1. The minimum Gasteiger partial charge on any atom is -0.317 e. The van der Waals surface area contributed by atoms with E-state index in [4.69, 9.17) is 10.6 Å². The Kier molecular flexibility index (Phi) is 3.73. The summed E-state index contributed by atoms with van der Waals surface area (Å²) in [5, 5.41) is 0. The van der Waals surface area contributed by atoms with Crippen LogP contribution in [-0.4, -0.2) is 17.0 Å². The van der Waals surface area contributed by atoms with Crippen LogP contribution in [0, 0.1) is 0 Å². The summed E-state index contributed by atoms with van der Waals surface area (Å²) in [6, 6.07) is 0. The number of amides is 1. The number of nitrogens with one attached hydrogen (secondary N) is 1. The summed E-state index contributed by atoms with van der Waals surface area (Å²) < 4.78 is 0. The van der Waals surface area contributed by atoms with Gasteiger partial charge in [0.1, 0.15) is 0 Å². The Hall–Kier alpha value is -0.610. The van der Waals surface area contributed by atoms with E-state index in [0.29, 0.717) is 0 Å². The van der Waals surface area contributed by atoms with Crippen molar-refractivity contribution in [3.05, 3.63) is 0 Å². The molecule has 0 aromatic carbocycles. The lowest BCUT2D eigenvalue weighted by atomic mass is 9.82. The molecule has 0 atom stereocenters. The molecular formula is C11H22N2O2. The Bertz CT molecular complexity index is 227. The molecule has 1 aliphatic rings. The number of hydrogen-bond donors (Lipinski definition) is 2. The maximum atomic E-state index is 11.8. The summed E-state index contributed by atoms with van der Waals surface area (Å²) in [7, 11) is 0. The van der Waals surface area contributed by atoms with Gasteiger partial charge in [0.15, 0.2) is 0 Å². The number of nitrogens with two attached hydrogens (primary N) is 1. The third-order valence-electron chi connectivity index (χ3n) is 2.65. The van der Waals surface area contributed by atoms with E-state index in [1.807, 2.05) is 20.8 Å². The second kappa shape index (κ2) is 4.49. The fourth-order valence-corrected chi connectivity index (χ4v) is 1.71. The van der Waals surface area contributed by atoms with Crippen molar-refractivity contribution in [1.82, 2.24) is 5.48 Å². The zero-order valence-electron chi connectivity index (χ0n) is 9.93. The molecule has 1 aliphatic carbocycles. The van der Waals surface area contributed by atoms with E-state index in [-0.39, 0.29) is 11.5 Å². The summed E-state index contributed by atoms with van der Waals surface area (Å²) in [5.41, 5.74) is 7.42. The van der Waals surface area contributed by atoms with Crippen molar-refractivity contribution in [1.29, 1.82) is 0 Å². The maximum Gasteiger partial charge on any atom is 0.263 e. The smallest absolute Gasteiger partial charge is 0.263 e. The van der Waals surface area contributed by atoms with Crippen molar-refractivity contribution < 1.29 is 9.63 Å². The number of hydrogen-bond acceptors (Lipinski definition) is 3. The van der Waals surface area contributed by atoms with Crippen molar-refractivity contribution in [3.8, 4) is 0 Å². The highest BCUT2D eigenvalue weighted by atomic mass is 16.7. The number of rotatable bonds is 2. The Morgan fingerprint density at radius 1 is 1.27 bits per heavy atom. The van der Waals surface area contributed by atoms with E-state index in [0.717, 1.165) is 25.7 Å². The van der Waals surface area contributed by atoms with E-state index in [9.17, 15) is 4.79 Å². The van der Waals surface area contributed by atoms with Gasteiger partial charge in [-0.25, -0.2) is 5.48 Å². The van der Waals surface area contributed by atoms with Gasteiger partial charge in [0.05, 0.1) is 11.1 Å². The Morgan fingerprint density at radius 2 is 1.80 bits per heavy atom. The van der Waals surface area contributed by atoms with E-state index in [2.05, 4.69) is 5.48 Å². The van der Waals surface area contributed by atoms with Gasteiger partial charge in [-0.2, -0.15) is 0 Å². The first kappa shape index (κ1) is 12.5. The molecule has 1 saturated carbocycles. The van der Waals surface area contributed by atoms with E-state index in [1.54, 1.807) is 0 Å². The van der Waals surface area contributed by atoms with Crippen molar-refractivity contribution in [3.63, 3.8) is 0 Å². The molecule has 1 amide bonds. The first-order valence-electron chi connectivity index (χ1n) is 5.61. The number of hydroxylamine groups is 1. The largest absolute Gasteiger partial charge is 0.317 e. The lowest BCUT2D eigenvalue weighted by Crippen LogP contribution is -2.55. The highest BCUT2D eigenvalue weighted by molar-refractivity contribution is 5.85. The van der Waals surface area contributed by atoms with Crippen LogP contribution < -0.4 is 11.2 Å². The standard InChI is InChI=1S/C11H22N2O2/c1-10(2,3)15-13-9(14)11(12)7-5-4-6-8-11/h4-8,12H2,1-3H3,(H,13,14). The van der Waals surface area contributed by atoms with Crippen LogP contribution in [0.1, 0.15) is 52.9 Å². The van der Waals surface area contributed by atoms with E-state index < -0.39 is 5.54 Å². The van der Waals surface area contributed by atoms with Crippen LogP contribution in [0.5, 0.6) is 0 Å². The average Bonchev–Trinajstić information content (AvgIpc) is 2.14. The predicted molar refractivity (Wildman–Crippen MR) is 59.0 cm³/mol. The van der Waals surface area contributed by atoms with Crippen LogP contribution in [-0.2, 0) is 9.63 Å². The molecule has 3 N–H and O–H groups in total. The molecule has 15 heavy (non-hydrogen) atoms. The topological polar surface area (TPSA) is 64.3 Å². The SMILES string of the molecule is CC(C)(C)ONC(=O)C1(N)CCCCC1. The molecule has 0 aromatic heterocycles. The van der Waals surface area contributed by atoms with E-state index >= 15 is 0 Å². The van der Waals surface area contributed by atoms with Gasteiger partial charge in [0, 0.05) is 0 Å². The summed E-state index contributed by atoms with van der Waals surface area (Å²) in [4.78, 5) is 17.0. The molecule has 1 rings (SSSR count). The molecule has 1 fully saturated rings. The number of carbonyl (C=O) groups excluding carboxylic acids is 1.